The number of phenolic OH excluding ortho intramolecular Hbond substituents is 2. The molecule has 7 nitrogen and oxygen atoms in total. The van der Waals surface area contributed by atoms with Gasteiger partial charge in [0.2, 0.25) is 0 Å². The molecule has 152 valence electrons. The Morgan fingerprint density at radius 2 is 1.83 bits per heavy atom. The first-order valence-electron chi connectivity index (χ1n) is 9.74. The summed E-state index contributed by atoms with van der Waals surface area (Å²) >= 11 is 0. The molecule has 0 amide bonds. The highest BCUT2D eigenvalue weighted by atomic mass is 16.3. The molecule has 0 radical (unpaired) electrons. The summed E-state index contributed by atoms with van der Waals surface area (Å²) in [7, 11) is 0. The maximum absolute atomic E-state index is 10.8. The SMILES string of the molecule is CCNCc1ccc(Nc2cc(-c3c(O)ccc(-c4ccccc4)c3O)[nH]n2)cn1. The summed E-state index contributed by atoms with van der Waals surface area (Å²) < 4.78 is 0. The van der Waals surface area contributed by atoms with E-state index < -0.39 is 0 Å². The number of benzene rings is 2. The number of pyridine rings is 1. The third kappa shape index (κ3) is 4.11. The maximum atomic E-state index is 10.8. The van der Waals surface area contributed by atoms with Crippen molar-refractivity contribution in [3.05, 3.63) is 72.6 Å². The monoisotopic (exact) mass is 401 g/mol. The van der Waals surface area contributed by atoms with Gasteiger partial charge in [-0.2, -0.15) is 5.10 Å². The predicted octanol–water partition coefficient (Wildman–Crippen LogP) is 4.40. The van der Waals surface area contributed by atoms with Crippen molar-refractivity contribution in [2.24, 2.45) is 0 Å². The number of hydrogen-bond acceptors (Lipinski definition) is 6. The summed E-state index contributed by atoms with van der Waals surface area (Å²) in [5, 5.41) is 34.7. The normalized spacial score (nSPS) is 10.8. The molecular weight excluding hydrogens is 378 g/mol. The van der Waals surface area contributed by atoms with E-state index in [1.54, 1.807) is 24.4 Å². The van der Waals surface area contributed by atoms with Crippen molar-refractivity contribution < 1.29 is 10.2 Å². The van der Waals surface area contributed by atoms with E-state index in [0.717, 1.165) is 30.0 Å². The topological polar surface area (TPSA) is 106 Å². The highest BCUT2D eigenvalue weighted by Gasteiger charge is 2.17. The predicted molar refractivity (Wildman–Crippen MR) is 118 cm³/mol. The summed E-state index contributed by atoms with van der Waals surface area (Å²) in [4.78, 5) is 4.41. The molecule has 0 unspecified atom stereocenters. The van der Waals surface area contributed by atoms with Gasteiger partial charge in [0, 0.05) is 18.2 Å². The molecule has 7 heteroatoms. The van der Waals surface area contributed by atoms with Crippen LogP contribution in [0.4, 0.5) is 11.5 Å². The van der Waals surface area contributed by atoms with Gasteiger partial charge in [0.1, 0.15) is 11.5 Å². The van der Waals surface area contributed by atoms with Crippen LogP contribution in [-0.4, -0.2) is 31.9 Å². The van der Waals surface area contributed by atoms with Crippen LogP contribution >= 0.6 is 0 Å². The summed E-state index contributed by atoms with van der Waals surface area (Å²) in [6.07, 6.45) is 1.74. The molecule has 0 atom stereocenters. The molecule has 5 N–H and O–H groups in total. The minimum atomic E-state index is -0.0307. The lowest BCUT2D eigenvalue weighted by atomic mass is 9.99. The number of phenols is 2. The van der Waals surface area contributed by atoms with Gasteiger partial charge in [-0.15, -0.1) is 0 Å². The number of nitrogens with zero attached hydrogens (tertiary/aromatic N) is 2. The van der Waals surface area contributed by atoms with Crippen molar-refractivity contribution in [2.45, 2.75) is 13.5 Å². The number of aromatic nitrogens is 3. The molecule has 0 aliphatic carbocycles. The second-order valence-corrected chi connectivity index (χ2v) is 6.83. The highest BCUT2D eigenvalue weighted by Crippen LogP contribution is 2.43. The lowest BCUT2D eigenvalue weighted by Crippen LogP contribution is -2.12. The Morgan fingerprint density at radius 1 is 1.00 bits per heavy atom. The van der Waals surface area contributed by atoms with Crippen LogP contribution in [-0.2, 0) is 6.54 Å². The van der Waals surface area contributed by atoms with Gasteiger partial charge < -0.3 is 20.8 Å². The number of hydrogen-bond donors (Lipinski definition) is 5. The number of nitrogens with one attached hydrogen (secondary N) is 3. The van der Waals surface area contributed by atoms with E-state index in [1.807, 2.05) is 42.5 Å². The summed E-state index contributed by atoms with van der Waals surface area (Å²) in [6.45, 7) is 3.67. The van der Waals surface area contributed by atoms with Gasteiger partial charge in [-0.3, -0.25) is 10.1 Å². The zero-order chi connectivity index (χ0) is 20.9. The summed E-state index contributed by atoms with van der Waals surface area (Å²) in [6, 6.07) is 18.4. The average Bonchev–Trinajstić information content (AvgIpc) is 3.22. The third-order valence-electron chi connectivity index (χ3n) is 4.74. The van der Waals surface area contributed by atoms with Gasteiger partial charge in [-0.1, -0.05) is 37.3 Å². The molecule has 0 fully saturated rings. The minimum Gasteiger partial charge on any atom is -0.507 e. The Bertz CT molecular complexity index is 1120. The van der Waals surface area contributed by atoms with Crippen molar-refractivity contribution >= 4 is 11.5 Å². The second-order valence-electron chi connectivity index (χ2n) is 6.83. The molecule has 30 heavy (non-hydrogen) atoms. The van der Waals surface area contributed by atoms with Crippen LogP contribution in [0.3, 0.4) is 0 Å². The number of anilines is 2. The van der Waals surface area contributed by atoms with Crippen molar-refractivity contribution in [3.63, 3.8) is 0 Å². The Balaban J connectivity index is 1.58. The van der Waals surface area contributed by atoms with E-state index >= 15 is 0 Å². The van der Waals surface area contributed by atoms with Crippen molar-refractivity contribution in [2.75, 3.05) is 11.9 Å². The Kier molecular flexibility index (Phi) is 5.63. The standard InChI is InChI=1S/C23H23N5O2/c1-2-24-13-16-8-9-17(14-25-16)26-21-12-19(27-28-21)22-20(29)11-10-18(23(22)30)15-6-4-3-5-7-15/h3-12,14,24,29-30H,2,13H2,1H3,(H2,26,27,28). The Morgan fingerprint density at radius 3 is 2.57 bits per heavy atom. The second kappa shape index (κ2) is 8.67. The fourth-order valence-corrected chi connectivity index (χ4v) is 3.21. The maximum Gasteiger partial charge on any atom is 0.152 e. The molecule has 4 aromatic rings. The van der Waals surface area contributed by atoms with Crippen LogP contribution in [0.1, 0.15) is 12.6 Å². The molecule has 0 saturated heterocycles. The fourth-order valence-electron chi connectivity index (χ4n) is 3.21. The molecule has 2 aromatic carbocycles. The van der Waals surface area contributed by atoms with Gasteiger partial charge in [-0.25, -0.2) is 0 Å². The van der Waals surface area contributed by atoms with E-state index in [4.69, 9.17) is 0 Å². The minimum absolute atomic E-state index is 0.00848. The van der Waals surface area contributed by atoms with Crippen molar-refractivity contribution in [3.8, 4) is 33.9 Å². The van der Waals surface area contributed by atoms with E-state index in [0.29, 0.717) is 22.6 Å². The van der Waals surface area contributed by atoms with Crippen LogP contribution in [0.15, 0.2) is 66.9 Å². The van der Waals surface area contributed by atoms with Gasteiger partial charge in [-0.05, 0) is 36.4 Å². The Hall–Kier alpha value is -3.84. The van der Waals surface area contributed by atoms with Crippen molar-refractivity contribution in [1.82, 2.24) is 20.5 Å². The lowest BCUT2D eigenvalue weighted by Gasteiger charge is -2.10. The molecule has 0 aliphatic heterocycles. The molecule has 2 heterocycles. The smallest absolute Gasteiger partial charge is 0.152 e. The molecular formula is C23H23N5O2. The first-order valence-corrected chi connectivity index (χ1v) is 9.74. The van der Waals surface area contributed by atoms with E-state index in [1.165, 1.54) is 0 Å². The summed E-state index contributed by atoms with van der Waals surface area (Å²) in [5.74, 6) is 0.512. The molecule has 0 spiro atoms. The number of H-pyrrole nitrogens is 1. The zero-order valence-electron chi connectivity index (χ0n) is 16.6. The largest absolute Gasteiger partial charge is 0.507 e. The van der Waals surface area contributed by atoms with Gasteiger partial charge >= 0.3 is 0 Å². The molecule has 2 aromatic heterocycles. The zero-order valence-corrected chi connectivity index (χ0v) is 16.6. The van der Waals surface area contributed by atoms with E-state index in [9.17, 15) is 10.2 Å². The number of aromatic amines is 1. The quantitative estimate of drug-likeness (QED) is 0.314. The number of rotatable bonds is 7. The summed E-state index contributed by atoms with van der Waals surface area (Å²) in [5.41, 5.74) is 4.04. The van der Waals surface area contributed by atoms with Gasteiger partial charge in [0.05, 0.1) is 28.8 Å². The fraction of sp³-hybridized carbons (Fsp3) is 0.130. The molecule has 4 rings (SSSR count). The van der Waals surface area contributed by atoms with Crippen LogP contribution in [0.5, 0.6) is 11.5 Å². The van der Waals surface area contributed by atoms with Crippen LogP contribution in [0, 0.1) is 0 Å². The van der Waals surface area contributed by atoms with Gasteiger partial charge in [0.15, 0.2) is 5.82 Å². The van der Waals surface area contributed by atoms with Crippen molar-refractivity contribution in [1.29, 1.82) is 0 Å². The average molecular weight is 401 g/mol. The third-order valence-corrected chi connectivity index (χ3v) is 4.74. The van der Waals surface area contributed by atoms with Crippen LogP contribution in [0.2, 0.25) is 0 Å². The number of aromatic hydroxyl groups is 2. The molecule has 0 saturated carbocycles. The van der Waals surface area contributed by atoms with Crippen LogP contribution < -0.4 is 10.6 Å². The molecule has 0 aliphatic rings. The van der Waals surface area contributed by atoms with Gasteiger partial charge in [0.25, 0.3) is 0 Å². The van der Waals surface area contributed by atoms with Crippen LogP contribution in [0.25, 0.3) is 22.4 Å². The lowest BCUT2D eigenvalue weighted by molar-refractivity contribution is 0.455. The molecule has 0 bridgehead atoms. The van der Waals surface area contributed by atoms with E-state index in [2.05, 4.69) is 32.7 Å². The highest BCUT2D eigenvalue weighted by molar-refractivity contribution is 5.85. The van der Waals surface area contributed by atoms with E-state index in [-0.39, 0.29) is 11.5 Å². The first-order chi connectivity index (χ1) is 14.7. The Labute approximate surface area is 174 Å². The first kappa shape index (κ1) is 19.5.